The van der Waals surface area contributed by atoms with Crippen molar-refractivity contribution in [3.8, 4) is 11.5 Å². The van der Waals surface area contributed by atoms with Gasteiger partial charge in [-0.1, -0.05) is 39.0 Å². The number of nitrogens with zero attached hydrogens (tertiary/aromatic N) is 1. The zero-order valence-corrected chi connectivity index (χ0v) is 13.1. The van der Waals surface area contributed by atoms with Crippen LogP contribution in [0.1, 0.15) is 31.9 Å². The largest absolute Gasteiger partial charge is 0.457 e. The number of benzene rings is 1. The van der Waals surface area contributed by atoms with E-state index in [-0.39, 0.29) is 0 Å². The molecule has 1 heterocycles. The number of pyridine rings is 1. The number of nitrogens with one attached hydrogen (secondary N) is 1. The molecule has 0 saturated carbocycles. The van der Waals surface area contributed by atoms with Gasteiger partial charge in [0.2, 0.25) is 0 Å². The Balaban J connectivity index is 2.12. The van der Waals surface area contributed by atoms with E-state index in [1.165, 1.54) is 5.56 Å². The molecular formula is C18H24N2O. The number of para-hydroxylation sites is 1. The van der Waals surface area contributed by atoms with Gasteiger partial charge in [-0.15, -0.1) is 0 Å². The SMILES string of the molecule is CCc1ccccc1Oc1ccncc1CNCC(C)C. The van der Waals surface area contributed by atoms with Crippen LogP contribution in [0.5, 0.6) is 11.5 Å². The second kappa shape index (κ2) is 7.79. The maximum Gasteiger partial charge on any atom is 0.135 e. The minimum absolute atomic E-state index is 0.631. The summed E-state index contributed by atoms with van der Waals surface area (Å²) in [5, 5.41) is 3.44. The fourth-order valence-electron chi connectivity index (χ4n) is 2.16. The van der Waals surface area contributed by atoms with E-state index in [2.05, 4.69) is 37.1 Å². The topological polar surface area (TPSA) is 34.1 Å². The quantitative estimate of drug-likeness (QED) is 0.828. The van der Waals surface area contributed by atoms with Crippen LogP contribution in [0.3, 0.4) is 0 Å². The van der Waals surface area contributed by atoms with Crippen LogP contribution in [0, 0.1) is 5.92 Å². The number of hydrogen-bond donors (Lipinski definition) is 1. The molecule has 112 valence electrons. The van der Waals surface area contributed by atoms with Crippen molar-refractivity contribution in [1.82, 2.24) is 10.3 Å². The Bertz CT molecular complexity index is 567. The van der Waals surface area contributed by atoms with E-state index in [1.807, 2.05) is 30.5 Å². The van der Waals surface area contributed by atoms with E-state index >= 15 is 0 Å². The first-order chi connectivity index (χ1) is 10.2. The van der Waals surface area contributed by atoms with Crippen molar-refractivity contribution < 1.29 is 4.74 Å². The molecule has 0 atom stereocenters. The smallest absolute Gasteiger partial charge is 0.135 e. The molecule has 0 spiro atoms. The van der Waals surface area contributed by atoms with Gasteiger partial charge in [0.25, 0.3) is 0 Å². The van der Waals surface area contributed by atoms with Gasteiger partial charge in [-0.05, 0) is 36.6 Å². The highest BCUT2D eigenvalue weighted by Crippen LogP contribution is 2.27. The monoisotopic (exact) mass is 284 g/mol. The first-order valence-corrected chi connectivity index (χ1v) is 7.60. The molecule has 21 heavy (non-hydrogen) atoms. The zero-order chi connectivity index (χ0) is 15.1. The summed E-state index contributed by atoms with van der Waals surface area (Å²) in [6.45, 7) is 8.30. The van der Waals surface area contributed by atoms with Crippen molar-refractivity contribution in [1.29, 1.82) is 0 Å². The number of aryl methyl sites for hydroxylation is 1. The van der Waals surface area contributed by atoms with Crippen LogP contribution in [0.4, 0.5) is 0 Å². The highest BCUT2D eigenvalue weighted by molar-refractivity contribution is 5.40. The Hall–Kier alpha value is -1.87. The average molecular weight is 284 g/mol. The van der Waals surface area contributed by atoms with Crippen molar-refractivity contribution in [2.45, 2.75) is 33.7 Å². The van der Waals surface area contributed by atoms with Crippen LogP contribution in [0.25, 0.3) is 0 Å². The standard InChI is InChI=1S/C18H24N2O/c1-4-15-7-5-6-8-17(15)21-18-9-10-19-12-16(18)13-20-11-14(2)3/h5-10,12,14,20H,4,11,13H2,1-3H3. The third-order valence-electron chi connectivity index (χ3n) is 3.30. The molecule has 0 aliphatic rings. The van der Waals surface area contributed by atoms with Crippen LogP contribution in [-0.2, 0) is 13.0 Å². The molecule has 0 fully saturated rings. The molecule has 1 aromatic carbocycles. The van der Waals surface area contributed by atoms with Crippen LogP contribution >= 0.6 is 0 Å². The third-order valence-corrected chi connectivity index (χ3v) is 3.30. The van der Waals surface area contributed by atoms with Gasteiger partial charge in [-0.3, -0.25) is 4.98 Å². The lowest BCUT2D eigenvalue weighted by Gasteiger charge is -2.14. The van der Waals surface area contributed by atoms with Crippen molar-refractivity contribution in [2.75, 3.05) is 6.54 Å². The van der Waals surface area contributed by atoms with Crippen LogP contribution in [-0.4, -0.2) is 11.5 Å². The summed E-state index contributed by atoms with van der Waals surface area (Å²) in [7, 11) is 0. The minimum atomic E-state index is 0.631. The highest BCUT2D eigenvalue weighted by Gasteiger charge is 2.07. The first-order valence-electron chi connectivity index (χ1n) is 7.60. The van der Waals surface area contributed by atoms with Gasteiger partial charge in [0.15, 0.2) is 0 Å². The molecule has 0 aliphatic carbocycles. The predicted molar refractivity (Wildman–Crippen MR) is 86.7 cm³/mol. The van der Waals surface area contributed by atoms with Crippen LogP contribution in [0.2, 0.25) is 0 Å². The number of rotatable bonds is 7. The fourth-order valence-corrected chi connectivity index (χ4v) is 2.16. The van der Waals surface area contributed by atoms with E-state index in [0.717, 1.165) is 36.6 Å². The molecule has 1 N–H and O–H groups in total. The van der Waals surface area contributed by atoms with Crippen LogP contribution in [0.15, 0.2) is 42.7 Å². The molecule has 0 aliphatic heterocycles. The van der Waals surface area contributed by atoms with E-state index in [9.17, 15) is 0 Å². The van der Waals surface area contributed by atoms with Gasteiger partial charge in [0, 0.05) is 24.5 Å². The maximum absolute atomic E-state index is 6.11. The molecule has 0 amide bonds. The van der Waals surface area contributed by atoms with E-state index in [0.29, 0.717) is 5.92 Å². The summed E-state index contributed by atoms with van der Waals surface area (Å²) in [6, 6.07) is 10.1. The Labute approximate surface area is 127 Å². The van der Waals surface area contributed by atoms with Gasteiger partial charge in [-0.25, -0.2) is 0 Å². The Morgan fingerprint density at radius 1 is 1.10 bits per heavy atom. The number of ether oxygens (including phenoxy) is 1. The molecule has 3 heteroatoms. The summed E-state index contributed by atoms with van der Waals surface area (Å²) >= 11 is 0. The molecule has 2 aromatic rings. The molecule has 0 bridgehead atoms. The average Bonchev–Trinajstić information content (AvgIpc) is 2.49. The van der Waals surface area contributed by atoms with Gasteiger partial charge in [0.05, 0.1) is 0 Å². The number of aromatic nitrogens is 1. The van der Waals surface area contributed by atoms with E-state index < -0.39 is 0 Å². The lowest BCUT2D eigenvalue weighted by molar-refractivity contribution is 0.463. The summed E-state index contributed by atoms with van der Waals surface area (Å²) in [5.74, 6) is 2.44. The molecular weight excluding hydrogens is 260 g/mol. The predicted octanol–water partition coefficient (Wildman–Crippen LogP) is 4.18. The van der Waals surface area contributed by atoms with Crippen molar-refractivity contribution in [3.05, 3.63) is 53.9 Å². The molecule has 3 nitrogen and oxygen atoms in total. The third kappa shape index (κ3) is 4.57. The summed E-state index contributed by atoms with van der Waals surface area (Å²) in [5.41, 5.74) is 2.31. The Kier molecular flexibility index (Phi) is 5.76. The molecule has 2 rings (SSSR count). The van der Waals surface area contributed by atoms with E-state index in [4.69, 9.17) is 4.74 Å². The lowest BCUT2D eigenvalue weighted by Crippen LogP contribution is -2.19. The number of hydrogen-bond acceptors (Lipinski definition) is 3. The summed E-state index contributed by atoms with van der Waals surface area (Å²) in [4.78, 5) is 4.21. The Morgan fingerprint density at radius 3 is 2.62 bits per heavy atom. The maximum atomic E-state index is 6.11. The molecule has 0 saturated heterocycles. The summed E-state index contributed by atoms with van der Waals surface area (Å²) in [6.07, 6.45) is 4.61. The van der Waals surface area contributed by atoms with Gasteiger partial charge < -0.3 is 10.1 Å². The Morgan fingerprint density at radius 2 is 1.86 bits per heavy atom. The van der Waals surface area contributed by atoms with Crippen LogP contribution < -0.4 is 10.1 Å². The van der Waals surface area contributed by atoms with Gasteiger partial charge in [0.1, 0.15) is 11.5 Å². The van der Waals surface area contributed by atoms with Gasteiger partial charge >= 0.3 is 0 Å². The second-order valence-electron chi connectivity index (χ2n) is 5.57. The minimum Gasteiger partial charge on any atom is -0.457 e. The zero-order valence-electron chi connectivity index (χ0n) is 13.1. The first kappa shape index (κ1) is 15.5. The molecule has 0 unspecified atom stereocenters. The highest BCUT2D eigenvalue weighted by atomic mass is 16.5. The van der Waals surface area contributed by atoms with Crippen molar-refractivity contribution in [3.63, 3.8) is 0 Å². The van der Waals surface area contributed by atoms with Crippen molar-refractivity contribution in [2.24, 2.45) is 5.92 Å². The van der Waals surface area contributed by atoms with Crippen molar-refractivity contribution >= 4 is 0 Å². The normalized spacial score (nSPS) is 10.9. The molecule has 1 aromatic heterocycles. The fraction of sp³-hybridized carbons (Fsp3) is 0.389. The van der Waals surface area contributed by atoms with E-state index in [1.54, 1.807) is 6.20 Å². The second-order valence-corrected chi connectivity index (χ2v) is 5.57. The molecule has 0 radical (unpaired) electrons. The lowest BCUT2D eigenvalue weighted by atomic mass is 10.1. The summed E-state index contributed by atoms with van der Waals surface area (Å²) < 4.78 is 6.11. The van der Waals surface area contributed by atoms with Gasteiger partial charge in [-0.2, -0.15) is 0 Å².